The van der Waals surface area contributed by atoms with Crippen molar-refractivity contribution in [3.63, 3.8) is 0 Å². The number of halogens is 1. The Morgan fingerprint density at radius 3 is 2.69 bits per heavy atom. The van der Waals surface area contributed by atoms with Crippen molar-refractivity contribution in [1.82, 2.24) is 20.3 Å². The predicted molar refractivity (Wildman–Crippen MR) is 142 cm³/mol. The number of aromatic nitrogens is 3. The number of nitrogens with one attached hydrogen (secondary N) is 3. The summed E-state index contributed by atoms with van der Waals surface area (Å²) in [6.45, 7) is 11.4. The Balaban J connectivity index is 2.04. The Bertz CT molecular complexity index is 1100. The van der Waals surface area contributed by atoms with Gasteiger partial charge in [0.1, 0.15) is 0 Å². The lowest BCUT2D eigenvalue weighted by Crippen LogP contribution is -2.29. The number of carbonyl (C=O) groups excluding carboxylic acids is 1. The predicted octanol–water partition coefficient (Wildman–Crippen LogP) is 3.49. The fourth-order valence-electron chi connectivity index (χ4n) is 2.98. The van der Waals surface area contributed by atoms with Crippen LogP contribution < -0.4 is 21.0 Å². The van der Waals surface area contributed by atoms with Crippen molar-refractivity contribution in [2.75, 3.05) is 49.0 Å². The molecule has 2 aromatic heterocycles. The Kier molecular flexibility index (Phi) is 11.7. The van der Waals surface area contributed by atoms with Gasteiger partial charge in [0.15, 0.2) is 11.6 Å². The van der Waals surface area contributed by atoms with E-state index in [1.54, 1.807) is 49.4 Å². The first kappa shape index (κ1) is 28.1. The van der Waals surface area contributed by atoms with Crippen molar-refractivity contribution >= 4 is 29.6 Å². The molecule has 0 aliphatic rings. The zero-order chi connectivity index (χ0) is 26.3. The minimum absolute atomic E-state index is 0.157. The summed E-state index contributed by atoms with van der Waals surface area (Å²) < 4.78 is 19.3. The second-order valence-corrected chi connectivity index (χ2v) is 7.31. The van der Waals surface area contributed by atoms with Gasteiger partial charge >= 0.3 is 0 Å². The zero-order valence-corrected chi connectivity index (χ0v) is 21.1. The number of ether oxygens (including phenoxy) is 1. The summed E-state index contributed by atoms with van der Waals surface area (Å²) in [6.07, 6.45) is 9.28. The van der Waals surface area contributed by atoms with Crippen molar-refractivity contribution in [3.05, 3.63) is 72.1 Å². The molecule has 0 aromatic carbocycles. The quantitative estimate of drug-likeness (QED) is 0.158. The summed E-state index contributed by atoms with van der Waals surface area (Å²) in [6, 6.07) is 3.57. The molecule has 2 rings (SSSR count). The molecule has 2 heterocycles. The van der Waals surface area contributed by atoms with Crippen LogP contribution in [0.2, 0.25) is 0 Å². The summed E-state index contributed by atoms with van der Waals surface area (Å²) in [5.41, 5.74) is 5.16. The van der Waals surface area contributed by atoms with Gasteiger partial charge in [-0.2, -0.15) is 10.1 Å². The van der Waals surface area contributed by atoms with E-state index in [2.05, 4.69) is 42.7 Å². The SMILES string of the molecule is C=C/C(=C\C(=C/C)C(=O)NCC)Nc1ccc(/C=N/Nc2ncc(F)c(N(CC)CCOC)n2)nc1. The van der Waals surface area contributed by atoms with Gasteiger partial charge in [-0.05, 0) is 45.1 Å². The number of hydrogen-bond acceptors (Lipinski definition) is 9. The second-order valence-electron chi connectivity index (χ2n) is 7.31. The zero-order valence-electron chi connectivity index (χ0n) is 21.1. The van der Waals surface area contributed by atoms with E-state index in [0.29, 0.717) is 48.9 Å². The van der Waals surface area contributed by atoms with Gasteiger partial charge in [0, 0.05) is 38.0 Å². The van der Waals surface area contributed by atoms with Crippen LogP contribution in [-0.4, -0.2) is 60.4 Å². The average molecular weight is 497 g/mol. The molecule has 0 fully saturated rings. The van der Waals surface area contributed by atoms with Crippen LogP contribution in [0.4, 0.5) is 21.8 Å². The molecule has 0 atom stereocenters. The molecule has 2 aromatic rings. The van der Waals surface area contributed by atoms with E-state index in [9.17, 15) is 9.18 Å². The topological polar surface area (TPSA) is 117 Å². The number of hydrogen-bond donors (Lipinski definition) is 3. The van der Waals surface area contributed by atoms with Crippen LogP contribution in [0.1, 0.15) is 26.5 Å². The molecule has 0 unspecified atom stereocenters. The van der Waals surface area contributed by atoms with Crippen molar-refractivity contribution in [3.8, 4) is 0 Å². The maximum absolute atomic E-state index is 14.2. The van der Waals surface area contributed by atoms with Gasteiger partial charge in [0.2, 0.25) is 5.95 Å². The van der Waals surface area contributed by atoms with Crippen LogP contribution in [0.3, 0.4) is 0 Å². The van der Waals surface area contributed by atoms with Gasteiger partial charge in [-0.1, -0.05) is 12.7 Å². The summed E-state index contributed by atoms with van der Waals surface area (Å²) in [7, 11) is 1.59. The minimum atomic E-state index is -0.521. The van der Waals surface area contributed by atoms with Gasteiger partial charge < -0.3 is 20.3 Å². The highest BCUT2D eigenvalue weighted by Gasteiger charge is 2.13. The molecular weight excluding hydrogens is 463 g/mol. The summed E-state index contributed by atoms with van der Waals surface area (Å²) >= 11 is 0. The molecule has 0 spiro atoms. The third-order valence-electron chi connectivity index (χ3n) is 4.85. The monoisotopic (exact) mass is 496 g/mol. The highest BCUT2D eigenvalue weighted by molar-refractivity contribution is 5.96. The first-order valence-electron chi connectivity index (χ1n) is 11.5. The molecule has 0 aliphatic carbocycles. The van der Waals surface area contributed by atoms with Crippen molar-refractivity contribution in [2.45, 2.75) is 20.8 Å². The number of allylic oxidation sites excluding steroid dienone is 2. The number of rotatable bonds is 14. The van der Waals surface area contributed by atoms with E-state index in [0.717, 1.165) is 6.20 Å². The van der Waals surface area contributed by atoms with E-state index in [1.807, 2.05) is 19.9 Å². The minimum Gasteiger partial charge on any atom is -0.383 e. The highest BCUT2D eigenvalue weighted by atomic mass is 19.1. The molecule has 36 heavy (non-hydrogen) atoms. The largest absolute Gasteiger partial charge is 0.383 e. The molecule has 10 nitrogen and oxygen atoms in total. The standard InChI is InChI=1S/C25H33FN8O2/c1-6-18(24(35)27-8-3)14-19(7-2)31-21-11-10-20(28-15-21)16-30-33-25-29-17-22(26)23(32-25)34(9-4)12-13-36-5/h6-7,10-11,14-17,31H,2,8-9,12-13H2,1,3-5H3,(H,27,35)(H,29,32,33)/b18-6+,19-14+,30-16+. The van der Waals surface area contributed by atoms with Crippen LogP contribution in [0.25, 0.3) is 0 Å². The van der Waals surface area contributed by atoms with Crippen LogP contribution >= 0.6 is 0 Å². The maximum atomic E-state index is 14.2. The lowest BCUT2D eigenvalue weighted by atomic mass is 10.2. The van der Waals surface area contributed by atoms with Crippen LogP contribution in [-0.2, 0) is 9.53 Å². The van der Waals surface area contributed by atoms with E-state index in [1.165, 1.54) is 6.21 Å². The number of pyridine rings is 1. The molecule has 1 amide bonds. The number of likely N-dealkylation sites (N-methyl/N-ethyl adjacent to an activating group) is 2. The van der Waals surface area contributed by atoms with Crippen LogP contribution in [0.15, 0.2) is 65.7 Å². The fourth-order valence-corrected chi connectivity index (χ4v) is 2.98. The summed E-state index contributed by atoms with van der Waals surface area (Å²) in [5, 5.41) is 10.0. The Hall–Kier alpha value is -4.12. The molecule has 192 valence electrons. The van der Waals surface area contributed by atoms with Gasteiger partial charge in [-0.15, -0.1) is 0 Å². The van der Waals surface area contributed by atoms with Gasteiger partial charge in [-0.3, -0.25) is 9.78 Å². The number of nitrogens with zero attached hydrogens (tertiary/aromatic N) is 5. The lowest BCUT2D eigenvalue weighted by Gasteiger charge is -2.21. The van der Waals surface area contributed by atoms with Crippen molar-refractivity contribution in [1.29, 1.82) is 0 Å². The molecule has 0 radical (unpaired) electrons. The highest BCUT2D eigenvalue weighted by Crippen LogP contribution is 2.17. The number of hydrazone groups is 1. The number of carbonyl (C=O) groups is 1. The Morgan fingerprint density at radius 1 is 1.28 bits per heavy atom. The molecule has 0 saturated carbocycles. The van der Waals surface area contributed by atoms with Crippen LogP contribution in [0.5, 0.6) is 0 Å². The fraction of sp³-hybridized carbons (Fsp3) is 0.320. The molecular formula is C25H33FN8O2. The summed E-state index contributed by atoms with van der Waals surface area (Å²) in [5.74, 6) is -0.347. The molecule has 0 aliphatic heterocycles. The Morgan fingerprint density at radius 2 is 2.08 bits per heavy atom. The maximum Gasteiger partial charge on any atom is 0.251 e. The third-order valence-corrected chi connectivity index (χ3v) is 4.85. The number of methoxy groups -OCH3 is 1. The first-order valence-corrected chi connectivity index (χ1v) is 11.5. The van der Waals surface area contributed by atoms with Gasteiger partial charge in [0.05, 0.1) is 36.6 Å². The third kappa shape index (κ3) is 8.58. The number of amides is 1. The van der Waals surface area contributed by atoms with Crippen LogP contribution in [0, 0.1) is 5.82 Å². The molecule has 11 heteroatoms. The first-order chi connectivity index (χ1) is 17.4. The normalized spacial score (nSPS) is 11.9. The van der Waals surface area contributed by atoms with Gasteiger partial charge in [0.25, 0.3) is 5.91 Å². The lowest BCUT2D eigenvalue weighted by molar-refractivity contribution is -0.117. The van der Waals surface area contributed by atoms with E-state index in [4.69, 9.17) is 4.74 Å². The van der Waals surface area contributed by atoms with Crippen molar-refractivity contribution in [2.24, 2.45) is 5.10 Å². The van der Waals surface area contributed by atoms with Gasteiger partial charge in [-0.25, -0.2) is 14.8 Å². The van der Waals surface area contributed by atoms with E-state index >= 15 is 0 Å². The van der Waals surface area contributed by atoms with Crippen molar-refractivity contribution < 1.29 is 13.9 Å². The van der Waals surface area contributed by atoms with E-state index < -0.39 is 5.82 Å². The van der Waals surface area contributed by atoms with E-state index in [-0.39, 0.29) is 17.7 Å². The molecule has 3 N–H and O–H groups in total. The summed E-state index contributed by atoms with van der Waals surface area (Å²) in [4.78, 5) is 26.3. The smallest absolute Gasteiger partial charge is 0.251 e. The molecule has 0 bridgehead atoms. The Labute approximate surface area is 211 Å². The second kappa shape index (κ2) is 15.0. The number of anilines is 3. The molecule has 0 saturated heterocycles. The average Bonchev–Trinajstić information content (AvgIpc) is 2.89.